The number of anilines is 1. The summed E-state index contributed by atoms with van der Waals surface area (Å²) in [6, 6.07) is 15.2. The van der Waals surface area contributed by atoms with Gasteiger partial charge >= 0.3 is 0 Å². The largest absolute Gasteiger partial charge is 0.394 e. The van der Waals surface area contributed by atoms with Crippen LogP contribution in [0, 0.1) is 17.8 Å². The van der Waals surface area contributed by atoms with Crippen molar-refractivity contribution in [3.63, 3.8) is 0 Å². The van der Waals surface area contributed by atoms with Crippen LogP contribution in [0.2, 0.25) is 5.02 Å². The maximum absolute atomic E-state index is 14.9. The Bertz CT molecular complexity index is 1370. The third-order valence-electron chi connectivity index (χ3n) is 9.12. The van der Waals surface area contributed by atoms with Crippen LogP contribution in [0.25, 0.3) is 0 Å². The predicted octanol–water partition coefficient (Wildman–Crippen LogP) is 4.44. The zero-order valence-corrected chi connectivity index (χ0v) is 25.6. The standard InChI is InChI=1S/C33H38ClN3O4S/c1-5-16-35(4)30(39)27-26-18-21(3)33(42-26)28(27)31(40)37(23(20-38)19-22-12-8-7-9-13-22)29(33)32(41)36(17-6-2)25-15-11-10-14-24(25)34/h5-15,21,23,26-29,38H,1-2,16-20H2,3-4H3/t21?,23-,26+,27-,28+,29?,33?/m1/s1. The zero-order valence-electron chi connectivity index (χ0n) is 24.1. The van der Waals surface area contributed by atoms with Crippen molar-refractivity contribution in [1.82, 2.24) is 9.80 Å². The summed E-state index contributed by atoms with van der Waals surface area (Å²) in [6.45, 7) is 9.98. The number of nitrogens with zero attached hydrogens (tertiary/aromatic N) is 3. The number of thioether (sulfide) groups is 1. The van der Waals surface area contributed by atoms with Gasteiger partial charge < -0.3 is 19.8 Å². The van der Waals surface area contributed by atoms with Crippen molar-refractivity contribution in [3.05, 3.63) is 90.5 Å². The van der Waals surface area contributed by atoms with Crippen LogP contribution in [-0.2, 0) is 20.8 Å². The summed E-state index contributed by atoms with van der Waals surface area (Å²) in [4.78, 5) is 48.3. The molecule has 2 bridgehead atoms. The number of aliphatic hydroxyl groups excluding tert-OH is 1. The molecule has 1 spiro atoms. The van der Waals surface area contributed by atoms with Crippen molar-refractivity contribution in [2.24, 2.45) is 17.8 Å². The fraction of sp³-hybridized carbons (Fsp3) is 0.424. The van der Waals surface area contributed by atoms with Crippen LogP contribution in [0.1, 0.15) is 18.9 Å². The van der Waals surface area contributed by atoms with Gasteiger partial charge in [0.15, 0.2) is 0 Å². The van der Waals surface area contributed by atoms with Crippen LogP contribution in [0.15, 0.2) is 79.9 Å². The fourth-order valence-electron chi connectivity index (χ4n) is 7.34. The highest BCUT2D eigenvalue weighted by molar-refractivity contribution is 8.02. The van der Waals surface area contributed by atoms with Crippen LogP contribution in [0.4, 0.5) is 5.69 Å². The quantitative estimate of drug-likeness (QED) is 0.382. The first kappa shape index (κ1) is 30.4. The Balaban J connectivity index is 1.65. The molecular formula is C33H38ClN3O4S. The first-order chi connectivity index (χ1) is 20.2. The van der Waals surface area contributed by atoms with Crippen LogP contribution in [-0.4, -0.2) is 81.5 Å². The van der Waals surface area contributed by atoms with Gasteiger partial charge in [0.2, 0.25) is 11.8 Å². The molecule has 222 valence electrons. The highest BCUT2D eigenvalue weighted by atomic mass is 35.5. The van der Waals surface area contributed by atoms with Gasteiger partial charge in [-0.25, -0.2) is 0 Å². The Kier molecular flexibility index (Phi) is 8.88. The molecule has 3 amide bonds. The third-order valence-corrected chi connectivity index (χ3v) is 11.5. The maximum Gasteiger partial charge on any atom is 0.251 e. The van der Waals surface area contributed by atoms with Crippen molar-refractivity contribution >= 4 is 46.8 Å². The number of fused-ring (bicyclic) bond motifs is 1. The number of aliphatic hydroxyl groups is 1. The minimum absolute atomic E-state index is 0.0120. The number of amides is 3. The molecule has 9 heteroatoms. The molecule has 0 aromatic heterocycles. The summed E-state index contributed by atoms with van der Waals surface area (Å²) in [7, 11) is 1.73. The van der Waals surface area contributed by atoms with Crippen LogP contribution in [0.5, 0.6) is 0 Å². The van der Waals surface area contributed by atoms with Gasteiger partial charge in [0.25, 0.3) is 5.91 Å². The second-order valence-corrected chi connectivity index (χ2v) is 13.5. The summed E-state index contributed by atoms with van der Waals surface area (Å²) < 4.78 is -0.834. The Morgan fingerprint density at radius 2 is 1.79 bits per heavy atom. The number of halogens is 1. The summed E-state index contributed by atoms with van der Waals surface area (Å²) >= 11 is 8.22. The Morgan fingerprint density at radius 3 is 2.43 bits per heavy atom. The summed E-state index contributed by atoms with van der Waals surface area (Å²) in [5.41, 5.74) is 1.48. The summed E-state index contributed by atoms with van der Waals surface area (Å²) in [6.07, 6.45) is 4.41. The van der Waals surface area contributed by atoms with E-state index in [-0.39, 0.29) is 42.0 Å². The van der Waals surface area contributed by atoms with E-state index in [2.05, 4.69) is 20.1 Å². The molecule has 42 heavy (non-hydrogen) atoms. The number of hydrogen-bond donors (Lipinski definition) is 1. The molecule has 2 aromatic carbocycles. The number of likely N-dealkylation sites (tertiary alicyclic amines) is 1. The van der Waals surface area contributed by atoms with Gasteiger partial charge in [-0.1, -0.05) is 73.1 Å². The first-order valence-corrected chi connectivity index (χ1v) is 15.6. The highest BCUT2D eigenvalue weighted by Gasteiger charge is 2.77. The second kappa shape index (κ2) is 12.3. The normalized spacial score (nSPS) is 28.3. The van der Waals surface area contributed by atoms with E-state index in [0.29, 0.717) is 23.7 Å². The molecule has 0 saturated carbocycles. The molecular weight excluding hydrogens is 570 g/mol. The van der Waals surface area contributed by atoms with Crippen LogP contribution >= 0.6 is 23.4 Å². The van der Waals surface area contributed by atoms with Gasteiger partial charge in [-0.2, -0.15) is 0 Å². The molecule has 0 aliphatic carbocycles. The minimum Gasteiger partial charge on any atom is -0.394 e. The number of carbonyl (C=O) groups excluding carboxylic acids is 3. The molecule has 3 fully saturated rings. The lowest BCUT2D eigenvalue weighted by Crippen LogP contribution is -2.59. The zero-order chi connectivity index (χ0) is 30.2. The molecule has 5 rings (SSSR count). The van der Waals surface area contributed by atoms with E-state index in [1.54, 1.807) is 63.9 Å². The van der Waals surface area contributed by atoms with E-state index < -0.39 is 28.7 Å². The predicted molar refractivity (Wildman–Crippen MR) is 168 cm³/mol. The number of hydrogen-bond acceptors (Lipinski definition) is 5. The van der Waals surface area contributed by atoms with Gasteiger partial charge in [0.1, 0.15) is 6.04 Å². The number of benzene rings is 2. The topological polar surface area (TPSA) is 81.2 Å². The maximum atomic E-state index is 14.9. The van der Waals surface area contributed by atoms with Crippen molar-refractivity contribution in [2.75, 3.05) is 31.6 Å². The monoisotopic (exact) mass is 607 g/mol. The molecule has 7 atom stereocenters. The lowest BCUT2D eigenvalue weighted by atomic mass is 9.65. The van der Waals surface area contributed by atoms with Gasteiger partial charge in [-0.3, -0.25) is 14.4 Å². The third kappa shape index (κ3) is 4.87. The van der Waals surface area contributed by atoms with Crippen LogP contribution in [0.3, 0.4) is 0 Å². The van der Waals surface area contributed by atoms with Crippen molar-refractivity contribution in [1.29, 1.82) is 0 Å². The number of para-hydroxylation sites is 1. The number of rotatable bonds is 11. The molecule has 1 N–H and O–H groups in total. The molecule has 7 nitrogen and oxygen atoms in total. The Labute approximate surface area is 257 Å². The van der Waals surface area contributed by atoms with E-state index in [1.807, 2.05) is 36.4 Å². The average molecular weight is 608 g/mol. The van der Waals surface area contributed by atoms with Gasteiger partial charge in [-0.05, 0) is 36.5 Å². The van der Waals surface area contributed by atoms with E-state index >= 15 is 0 Å². The Hall–Kier alpha value is -3.07. The van der Waals surface area contributed by atoms with Gasteiger partial charge in [-0.15, -0.1) is 24.9 Å². The van der Waals surface area contributed by atoms with Crippen molar-refractivity contribution in [2.45, 2.75) is 41.8 Å². The molecule has 0 radical (unpaired) electrons. The van der Waals surface area contributed by atoms with Gasteiger partial charge in [0.05, 0.1) is 39.9 Å². The molecule has 3 aliphatic rings. The smallest absolute Gasteiger partial charge is 0.251 e. The molecule has 3 saturated heterocycles. The molecule has 3 unspecified atom stereocenters. The fourth-order valence-corrected chi connectivity index (χ4v) is 9.98. The Morgan fingerprint density at radius 1 is 1.12 bits per heavy atom. The molecule has 3 heterocycles. The van der Waals surface area contributed by atoms with E-state index in [0.717, 1.165) is 12.0 Å². The molecule has 2 aromatic rings. The van der Waals surface area contributed by atoms with Gasteiger partial charge in [0, 0.05) is 25.4 Å². The average Bonchev–Trinajstić information content (AvgIpc) is 3.58. The SMILES string of the molecule is C=CCN(C)C(=O)[C@@H]1[C@@H]2CC(C)C3(S2)C(C(=O)N(CC=C)c2ccccc2Cl)N([C@@H](CO)Cc2ccccc2)C(=O)[C@H]13. The lowest BCUT2D eigenvalue weighted by Gasteiger charge is -2.42. The second-order valence-electron chi connectivity index (χ2n) is 11.5. The molecule has 3 aliphatic heterocycles. The first-order valence-electron chi connectivity index (χ1n) is 14.4. The number of likely N-dealkylation sites (N-methyl/N-ethyl adjacent to an activating group) is 1. The van der Waals surface area contributed by atoms with E-state index in [9.17, 15) is 19.5 Å². The summed E-state index contributed by atoms with van der Waals surface area (Å²) in [5.74, 6) is -1.89. The summed E-state index contributed by atoms with van der Waals surface area (Å²) in [5, 5.41) is 11.1. The van der Waals surface area contributed by atoms with Crippen LogP contribution < -0.4 is 4.90 Å². The van der Waals surface area contributed by atoms with E-state index in [4.69, 9.17) is 11.6 Å². The van der Waals surface area contributed by atoms with E-state index in [1.165, 1.54) is 0 Å². The number of carbonyl (C=O) groups is 3. The van der Waals surface area contributed by atoms with Crippen molar-refractivity contribution < 1.29 is 19.5 Å². The van der Waals surface area contributed by atoms with Crippen molar-refractivity contribution in [3.8, 4) is 0 Å². The highest BCUT2D eigenvalue weighted by Crippen LogP contribution is 2.69. The lowest BCUT2D eigenvalue weighted by molar-refractivity contribution is -0.145. The minimum atomic E-state index is -0.903.